The van der Waals surface area contributed by atoms with Gasteiger partial charge in [0, 0.05) is 37.8 Å². The second kappa shape index (κ2) is 5.57. The lowest BCUT2D eigenvalue weighted by molar-refractivity contribution is -0.0957. The van der Waals surface area contributed by atoms with Crippen molar-refractivity contribution in [1.82, 2.24) is 9.80 Å². The van der Waals surface area contributed by atoms with Gasteiger partial charge in [0.15, 0.2) is 0 Å². The Bertz CT molecular complexity index is 440. The Kier molecular flexibility index (Phi) is 3.82. The van der Waals surface area contributed by atoms with Crippen LogP contribution in [0.4, 0.5) is 4.39 Å². The van der Waals surface area contributed by atoms with E-state index >= 15 is 0 Å². The molecule has 2 aliphatic heterocycles. The zero-order valence-corrected chi connectivity index (χ0v) is 11.4. The van der Waals surface area contributed by atoms with Crippen LogP contribution in [0, 0.1) is 5.82 Å². The van der Waals surface area contributed by atoms with Crippen molar-refractivity contribution < 1.29 is 9.13 Å². The Morgan fingerprint density at radius 1 is 1.32 bits per heavy atom. The van der Waals surface area contributed by atoms with Crippen molar-refractivity contribution in [2.45, 2.75) is 25.1 Å². The molecule has 2 fully saturated rings. The fourth-order valence-electron chi connectivity index (χ4n) is 3.12. The van der Waals surface area contributed by atoms with Crippen molar-refractivity contribution in [3.8, 4) is 0 Å². The van der Waals surface area contributed by atoms with E-state index in [2.05, 4.69) is 16.8 Å². The van der Waals surface area contributed by atoms with E-state index in [4.69, 9.17) is 4.74 Å². The van der Waals surface area contributed by atoms with Gasteiger partial charge in [0.25, 0.3) is 0 Å². The second-order valence-corrected chi connectivity index (χ2v) is 5.57. The highest BCUT2D eigenvalue weighted by Crippen LogP contribution is 2.23. The molecule has 1 aromatic carbocycles. The van der Waals surface area contributed by atoms with Crippen molar-refractivity contribution in [2.75, 3.05) is 33.3 Å². The molecule has 3 nitrogen and oxygen atoms in total. The second-order valence-electron chi connectivity index (χ2n) is 5.57. The monoisotopic (exact) mass is 264 g/mol. The Hall–Kier alpha value is -0.970. The van der Waals surface area contributed by atoms with E-state index in [0.29, 0.717) is 18.7 Å². The first kappa shape index (κ1) is 13.0. The van der Waals surface area contributed by atoms with E-state index in [1.54, 1.807) is 6.07 Å². The average Bonchev–Trinajstić information content (AvgIpc) is 2.42. The molecule has 4 heteroatoms. The lowest BCUT2D eigenvalue weighted by Crippen LogP contribution is -2.58. The van der Waals surface area contributed by atoms with E-state index in [0.717, 1.165) is 38.2 Å². The predicted octanol–water partition coefficient (Wildman–Crippen LogP) is 1.73. The van der Waals surface area contributed by atoms with Crippen molar-refractivity contribution >= 4 is 0 Å². The zero-order valence-electron chi connectivity index (χ0n) is 11.4. The van der Waals surface area contributed by atoms with Crippen LogP contribution in [0.2, 0.25) is 0 Å². The quantitative estimate of drug-likeness (QED) is 0.809. The molecule has 0 aromatic heterocycles. The molecule has 1 aromatic rings. The van der Waals surface area contributed by atoms with Crippen LogP contribution in [0.15, 0.2) is 24.3 Å². The third-order valence-corrected chi connectivity index (χ3v) is 4.30. The van der Waals surface area contributed by atoms with Gasteiger partial charge < -0.3 is 4.74 Å². The molecule has 2 heterocycles. The van der Waals surface area contributed by atoms with Gasteiger partial charge in [-0.25, -0.2) is 4.39 Å². The first-order valence-corrected chi connectivity index (χ1v) is 7.01. The third kappa shape index (κ3) is 2.81. The van der Waals surface area contributed by atoms with Gasteiger partial charge in [0.2, 0.25) is 0 Å². The van der Waals surface area contributed by atoms with Gasteiger partial charge in [-0.15, -0.1) is 0 Å². The standard InChI is InChI=1S/C15H21FN2O/c1-17-8-9-19-15-6-7-18(11-14(15)17)10-12-4-2-3-5-13(12)16/h2-5,14-15H,6-11H2,1H3/t14-,15-/m1/s1. The fourth-order valence-corrected chi connectivity index (χ4v) is 3.12. The van der Waals surface area contributed by atoms with Crippen molar-refractivity contribution in [2.24, 2.45) is 0 Å². The molecule has 104 valence electrons. The van der Waals surface area contributed by atoms with Crippen molar-refractivity contribution in [3.05, 3.63) is 35.6 Å². The largest absolute Gasteiger partial charge is 0.375 e. The number of halogens is 1. The van der Waals surface area contributed by atoms with Gasteiger partial charge in [0.1, 0.15) is 5.82 Å². The highest BCUT2D eigenvalue weighted by molar-refractivity contribution is 5.17. The number of hydrogen-bond donors (Lipinski definition) is 0. The summed E-state index contributed by atoms with van der Waals surface area (Å²) in [5.74, 6) is -0.0992. The van der Waals surface area contributed by atoms with Crippen LogP contribution in [-0.2, 0) is 11.3 Å². The van der Waals surface area contributed by atoms with Crippen LogP contribution in [-0.4, -0.2) is 55.2 Å². The Morgan fingerprint density at radius 2 is 2.16 bits per heavy atom. The number of morpholine rings is 1. The first-order valence-electron chi connectivity index (χ1n) is 7.01. The Balaban J connectivity index is 1.66. The van der Waals surface area contributed by atoms with E-state index in [-0.39, 0.29) is 5.82 Å². The molecule has 0 spiro atoms. The molecule has 2 atom stereocenters. The number of nitrogens with zero attached hydrogens (tertiary/aromatic N) is 2. The molecule has 0 bridgehead atoms. The minimum atomic E-state index is -0.0992. The summed E-state index contributed by atoms with van der Waals surface area (Å²) in [5.41, 5.74) is 0.792. The molecule has 0 amide bonds. The van der Waals surface area contributed by atoms with E-state index < -0.39 is 0 Å². The molecule has 19 heavy (non-hydrogen) atoms. The molecule has 2 aliphatic rings. The van der Waals surface area contributed by atoms with Crippen LogP contribution in [0.25, 0.3) is 0 Å². The lowest BCUT2D eigenvalue weighted by atomic mass is 9.98. The molecule has 3 rings (SSSR count). The minimum absolute atomic E-state index is 0.0992. The van der Waals surface area contributed by atoms with Gasteiger partial charge in [0.05, 0.1) is 12.7 Å². The first-order chi connectivity index (χ1) is 9.24. The predicted molar refractivity (Wildman–Crippen MR) is 72.5 cm³/mol. The van der Waals surface area contributed by atoms with Crippen molar-refractivity contribution in [1.29, 1.82) is 0 Å². The summed E-state index contributed by atoms with van der Waals surface area (Å²) in [6.07, 6.45) is 1.40. The van der Waals surface area contributed by atoms with Gasteiger partial charge in [-0.1, -0.05) is 18.2 Å². The summed E-state index contributed by atoms with van der Waals surface area (Å²) in [6, 6.07) is 7.52. The van der Waals surface area contributed by atoms with Gasteiger partial charge in [-0.2, -0.15) is 0 Å². The van der Waals surface area contributed by atoms with Crippen LogP contribution in [0.3, 0.4) is 0 Å². The Labute approximate surface area is 114 Å². The van der Waals surface area contributed by atoms with Crippen LogP contribution in [0.5, 0.6) is 0 Å². The fraction of sp³-hybridized carbons (Fsp3) is 0.600. The normalized spacial score (nSPS) is 29.2. The number of piperidine rings is 1. The Morgan fingerprint density at radius 3 is 3.00 bits per heavy atom. The molecule has 0 radical (unpaired) electrons. The van der Waals surface area contributed by atoms with Gasteiger partial charge in [-0.05, 0) is 19.5 Å². The molecule has 0 N–H and O–H groups in total. The topological polar surface area (TPSA) is 15.7 Å². The van der Waals surface area contributed by atoms with Gasteiger partial charge >= 0.3 is 0 Å². The smallest absolute Gasteiger partial charge is 0.127 e. The summed E-state index contributed by atoms with van der Waals surface area (Å²) < 4.78 is 19.5. The number of rotatable bonds is 2. The third-order valence-electron chi connectivity index (χ3n) is 4.30. The van der Waals surface area contributed by atoms with E-state index in [1.165, 1.54) is 6.07 Å². The maximum atomic E-state index is 13.7. The SMILES string of the molecule is CN1CCO[C@@H]2CCN(Cc3ccccc3F)C[C@H]21. The number of likely N-dealkylation sites (tertiary alicyclic amines) is 1. The number of ether oxygens (including phenoxy) is 1. The molecule has 0 saturated carbocycles. The van der Waals surface area contributed by atoms with Crippen LogP contribution in [0.1, 0.15) is 12.0 Å². The molecular formula is C15H21FN2O. The summed E-state index contributed by atoms with van der Waals surface area (Å²) in [5, 5.41) is 0. The minimum Gasteiger partial charge on any atom is -0.375 e. The number of fused-ring (bicyclic) bond motifs is 1. The lowest BCUT2D eigenvalue weighted by Gasteiger charge is -2.45. The highest BCUT2D eigenvalue weighted by atomic mass is 19.1. The zero-order chi connectivity index (χ0) is 13.2. The van der Waals surface area contributed by atoms with E-state index in [9.17, 15) is 4.39 Å². The maximum Gasteiger partial charge on any atom is 0.127 e. The molecule has 2 saturated heterocycles. The number of likely N-dealkylation sites (N-methyl/N-ethyl adjacent to an activating group) is 1. The van der Waals surface area contributed by atoms with Gasteiger partial charge in [-0.3, -0.25) is 9.80 Å². The molecule has 0 aliphatic carbocycles. The van der Waals surface area contributed by atoms with Crippen LogP contribution >= 0.6 is 0 Å². The molecular weight excluding hydrogens is 243 g/mol. The number of hydrogen-bond acceptors (Lipinski definition) is 3. The summed E-state index contributed by atoms with van der Waals surface area (Å²) in [6.45, 7) is 4.49. The van der Waals surface area contributed by atoms with E-state index in [1.807, 2.05) is 12.1 Å². The highest BCUT2D eigenvalue weighted by Gasteiger charge is 2.35. The summed E-state index contributed by atoms with van der Waals surface area (Å²) >= 11 is 0. The molecule has 0 unspecified atom stereocenters. The average molecular weight is 264 g/mol. The maximum absolute atomic E-state index is 13.7. The summed E-state index contributed by atoms with van der Waals surface area (Å²) in [7, 11) is 2.16. The summed E-state index contributed by atoms with van der Waals surface area (Å²) in [4.78, 5) is 4.71. The van der Waals surface area contributed by atoms with Crippen molar-refractivity contribution in [3.63, 3.8) is 0 Å². The number of benzene rings is 1. The van der Waals surface area contributed by atoms with Crippen LogP contribution < -0.4 is 0 Å².